The summed E-state index contributed by atoms with van der Waals surface area (Å²) in [5.41, 5.74) is 1.91. The predicted molar refractivity (Wildman–Crippen MR) is 92.1 cm³/mol. The van der Waals surface area contributed by atoms with Crippen molar-refractivity contribution in [1.29, 1.82) is 0 Å². The normalized spacial score (nSPS) is 21.9. The van der Waals surface area contributed by atoms with Gasteiger partial charge in [0.05, 0.1) is 28.0 Å². The first-order chi connectivity index (χ1) is 12.0. The first kappa shape index (κ1) is 14.4. The second-order valence-corrected chi connectivity index (χ2v) is 6.89. The van der Waals surface area contributed by atoms with Crippen LogP contribution in [0, 0.1) is 5.82 Å². The number of amides is 1. The van der Waals surface area contributed by atoms with E-state index in [1.807, 2.05) is 25.1 Å². The van der Waals surface area contributed by atoms with Gasteiger partial charge in [0.1, 0.15) is 5.82 Å². The SMILES string of the molecule is CC12CCC(=O)N1c1ccccc1C(=O)n1c2cc2cc(F)ccc21. The van der Waals surface area contributed by atoms with Crippen molar-refractivity contribution in [3.8, 4) is 0 Å². The molecule has 0 N–H and O–H groups in total. The van der Waals surface area contributed by atoms with Gasteiger partial charge in [0.25, 0.3) is 5.91 Å². The third-order valence-electron chi connectivity index (χ3n) is 5.46. The quantitative estimate of drug-likeness (QED) is 0.627. The zero-order valence-electron chi connectivity index (χ0n) is 13.6. The molecule has 0 spiro atoms. The van der Waals surface area contributed by atoms with Crippen molar-refractivity contribution < 1.29 is 14.0 Å². The fourth-order valence-electron chi connectivity index (χ4n) is 4.26. The number of rotatable bonds is 0. The van der Waals surface area contributed by atoms with Gasteiger partial charge in [0.2, 0.25) is 5.91 Å². The van der Waals surface area contributed by atoms with E-state index in [1.54, 1.807) is 27.7 Å². The van der Waals surface area contributed by atoms with E-state index in [2.05, 4.69) is 0 Å². The average Bonchev–Trinajstić information content (AvgIpc) is 3.10. The van der Waals surface area contributed by atoms with Gasteiger partial charge >= 0.3 is 0 Å². The van der Waals surface area contributed by atoms with Crippen LogP contribution in [0.3, 0.4) is 0 Å². The van der Waals surface area contributed by atoms with E-state index < -0.39 is 5.54 Å². The van der Waals surface area contributed by atoms with Crippen molar-refractivity contribution in [2.75, 3.05) is 4.90 Å². The van der Waals surface area contributed by atoms with Crippen LogP contribution in [0.15, 0.2) is 48.5 Å². The molecule has 3 aromatic rings. The summed E-state index contributed by atoms with van der Waals surface area (Å²) >= 11 is 0. The van der Waals surface area contributed by atoms with Gasteiger partial charge in [0, 0.05) is 11.8 Å². The highest BCUT2D eigenvalue weighted by Gasteiger charge is 2.49. The Morgan fingerprint density at radius 3 is 2.72 bits per heavy atom. The molecule has 5 rings (SSSR count). The van der Waals surface area contributed by atoms with Crippen LogP contribution in [-0.4, -0.2) is 16.4 Å². The van der Waals surface area contributed by atoms with Gasteiger partial charge in [-0.05, 0) is 49.7 Å². The third-order valence-corrected chi connectivity index (χ3v) is 5.46. The van der Waals surface area contributed by atoms with E-state index in [4.69, 9.17) is 0 Å². The smallest absolute Gasteiger partial charge is 0.264 e. The van der Waals surface area contributed by atoms with Crippen molar-refractivity contribution in [2.24, 2.45) is 0 Å². The van der Waals surface area contributed by atoms with Crippen LogP contribution in [-0.2, 0) is 10.3 Å². The summed E-state index contributed by atoms with van der Waals surface area (Å²) in [4.78, 5) is 27.7. The Labute approximate surface area is 143 Å². The molecule has 0 saturated carbocycles. The van der Waals surface area contributed by atoms with Crippen LogP contribution in [0.5, 0.6) is 0 Å². The van der Waals surface area contributed by atoms with E-state index >= 15 is 0 Å². The fraction of sp³-hybridized carbons (Fsp3) is 0.200. The highest BCUT2D eigenvalue weighted by atomic mass is 19.1. The van der Waals surface area contributed by atoms with Crippen LogP contribution in [0.25, 0.3) is 10.9 Å². The number of benzene rings is 2. The number of fused-ring (bicyclic) bond motifs is 7. The summed E-state index contributed by atoms with van der Waals surface area (Å²) in [5, 5.41) is 0.670. The minimum Gasteiger partial charge on any atom is -0.300 e. The van der Waals surface area contributed by atoms with E-state index in [1.165, 1.54) is 12.1 Å². The van der Waals surface area contributed by atoms with Gasteiger partial charge in [0.15, 0.2) is 0 Å². The minimum atomic E-state index is -0.630. The van der Waals surface area contributed by atoms with Crippen molar-refractivity contribution in [3.05, 3.63) is 65.6 Å². The minimum absolute atomic E-state index is 0.00707. The van der Waals surface area contributed by atoms with Gasteiger partial charge in [-0.3, -0.25) is 14.2 Å². The summed E-state index contributed by atoms with van der Waals surface area (Å²) in [5.74, 6) is -0.520. The van der Waals surface area contributed by atoms with Crippen molar-refractivity contribution in [2.45, 2.75) is 25.3 Å². The van der Waals surface area contributed by atoms with Crippen molar-refractivity contribution in [1.82, 2.24) is 4.57 Å². The van der Waals surface area contributed by atoms with Gasteiger partial charge in [-0.2, -0.15) is 0 Å². The maximum Gasteiger partial charge on any atom is 0.264 e. The second kappa shape index (κ2) is 4.57. The molecule has 1 amide bonds. The van der Waals surface area contributed by atoms with Crippen LogP contribution in [0.4, 0.5) is 10.1 Å². The number of hydrogen-bond acceptors (Lipinski definition) is 2. The number of para-hydroxylation sites is 1. The lowest BCUT2D eigenvalue weighted by Gasteiger charge is -2.34. The van der Waals surface area contributed by atoms with Gasteiger partial charge in [-0.25, -0.2) is 4.39 Å². The fourth-order valence-corrected chi connectivity index (χ4v) is 4.26. The van der Waals surface area contributed by atoms with Crippen molar-refractivity contribution in [3.63, 3.8) is 0 Å². The lowest BCUT2D eigenvalue weighted by Crippen LogP contribution is -2.41. The number of carbonyl (C=O) groups is 2. The first-order valence-corrected chi connectivity index (χ1v) is 8.29. The predicted octanol–water partition coefficient (Wildman–Crippen LogP) is 3.82. The Kier molecular flexibility index (Phi) is 2.63. The summed E-state index contributed by atoms with van der Waals surface area (Å²) in [6.45, 7) is 1.98. The molecule has 2 aliphatic heterocycles. The molecule has 1 aromatic heterocycles. The lowest BCUT2D eigenvalue weighted by atomic mass is 9.94. The summed E-state index contributed by atoms with van der Waals surface area (Å²) in [6, 6.07) is 13.5. The molecule has 124 valence electrons. The van der Waals surface area contributed by atoms with E-state index in [0.717, 1.165) is 5.69 Å². The van der Waals surface area contributed by atoms with E-state index in [0.29, 0.717) is 35.0 Å². The zero-order valence-corrected chi connectivity index (χ0v) is 13.6. The number of nitrogens with zero attached hydrogens (tertiary/aromatic N) is 2. The largest absolute Gasteiger partial charge is 0.300 e. The number of aromatic nitrogens is 1. The van der Waals surface area contributed by atoms with Crippen LogP contribution in [0.1, 0.15) is 35.8 Å². The Hall–Kier alpha value is -2.95. The topological polar surface area (TPSA) is 42.3 Å². The molecule has 0 radical (unpaired) electrons. The van der Waals surface area contributed by atoms with Gasteiger partial charge in [-0.1, -0.05) is 12.1 Å². The monoisotopic (exact) mass is 334 g/mol. The maximum absolute atomic E-state index is 13.7. The van der Waals surface area contributed by atoms with E-state index in [9.17, 15) is 14.0 Å². The highest BCUT2D eigenvalue weighted by Crippen LogP contribution is 2.47. The van der Waals surface area contributed by atoms with Gasteiger partial charge in [-0.15, -0.1) is 0 Å². The lowest BCUT2D eigenvalue weighted by molar-refractivity contribution is -0.117. The molecule has 5 heteroatoms. The molecule has 2 aliphatic rings. The Morgan fingerprint density at radius 2 is 1.88 bits per heavy atom. The highest BCUT2D eigenvalue weighted by molar-refractivity contribution is 6.12. The number of anilines is 1. The zero-order chi connectivity index (χ0) is 17.3. The summed E-state index contributed by atoms with van der Waals surface area (Å²) in [6.07, 6.45) is 1.04. The molecule has 1 unspecified atom stereocenters. The number of hydrogen-bond donors (Lipinski definition) is 0. The molecule has 25 heavy (non-hydrogen) atoms. The molecule has 0 bridgehead atoms. The molecular formula is C20H15FN2O2. The second-order valence-electron chi connectivity index (χ2n) is 6.89. The maximum atomic E-state index is 13.7. The van der Waals surface area contributed by atoms with Crippen LogP contribution in [0.2, 0.25) is 0 Å². The number of halogens is 1. The molecule has 1 saturated heterocycles. The van der Waals surface area contributed by atoms with Crippen LogP contribution < -0.4 is 4.90 Å². The van der Waals surface area contributed by atoms with Crippen LogP contribution >= 0.6 is 0 Å². The molecule has 1 fully saturated rings. The standard InChI is InChI=1S/C20H15FN2O2/c1-20-9-8-18(24)23(20)16-5-3-2-4-14(16)19(25)22-15-7-6-13(21)10-12(15)11-17(20)22/h2-7,10-11H,8-9H2,1H3. The summed E-state index contributed by atoms with van der Waals surface area (Å²) < 4.78 is 15.3. The molecule has 0 aliphatic carbocycles. The summed E-state index contributed by atoms with van der Waals surface area (Å²) in [7, 11) is 0. The van der Waals surface area contributed by atoms with Crippen molar-refractivity contribution >= 4 is 28.4 Å². The first-order valence-electron chi connectivity index (χ1n) is 8.29. The molecule has 2 aromatic carbocycles. The third kappa shape index (κ3) is 1.70. The van der Waals surface area contributed by atoms with Gasteiger partial charge < -0.3 is 4.90 Å². The molecular weight excluding hydrogens is 319 g/mol. The Bertz CT molecular complexity index is 1080. The molecule has 3 heterocycles. The Morgan fingerprint density at radius 1 is 1.08 bits per heavy atom. The molecule has 4 nitrogen and oxygen atoms in total. The number of carbonyl (C=O) groups excluding carboxylic acids is 2. The van der Waals surface area contributed by atoms with E-state index in [-0.39, 0.29) is 17.6 Å². The average molecular weight is 334 g/mol. The Balaban J connectivity index is 1.94. The molecule has 1 atom stereocenters.